The first kappa shape index (κ1) is 19.3. The van der Waals surface area contributed by atoms with Crippen molar-refractivity contribution in [3.05, 3.63) is 52.6 Å². The van der Waals surface area contributed by atoms with Crippen LogP contribution in [0.1, 0.15) is 22.5 Å². The summed E-state index contributed by atoms with van der Waals surface area (Å²) in [6.07, 6.45) is 2.29. The first-order valence-electron chi connectivity index (χ1n) is 8.61. The van der Waals surface area contributed by atoms with Gasteiger partial charge in [0.2, 0.25) is 0 Å². The van der Waals surface area contributed by atoms with Gasteiger partial charge in [-0.05, 0) is 58.3 Å². The number of aromatic nitrogens is 3. The number of hydrogen-bond acceptors (Lipinski definition) is 4. The van der Waals surface area contributed by atoms with E-state index in [0.717, 1.165) is 13.0 Å². The quantitative estimate of drug-likeness (QED) is 0.657. The van der Waals surface area contributed by atoms with Crippen molar-refractivity contribution >= 4 is 28.5 Å². The van der Waals surface area contributed by atoms with Crippen LogP contribution in [0.2, 0.25) is 5.02 Å². The fourth-order valence-electron chi connectivity index (χ4n) is 2.82. The molecule has 0 aliphatic carbocycles. The average Bonchev–Trinajstić information content (AvgIpc) is 2.97. The van der Waals surface area contributed by atoms with E-state index in [9.17, 15) is 9.18 Å². The largest absolute Gasteiger partial charge is 0.352 e. The van der Waals surface area contributed by atoms with Crippen LogP contribution in [0.25, 0.3) is 16.7 Å². The second-order valence-electron chi connectivity index (χ2n) is 6.57. The fourth-order valence-corrected chi connectivity index (χ4v) is 3.18. The third-order valence-electron chi connectivity index (χ3n) is 4.19. The SMILES string of the molecule is Cc1nn(-c2ccc(F)cc2)c2ncc(C(=O)NCCCN(C)C)c(Cl)c12. The summed E-state index contributed by atoms with van der Waals surface area (Å²) in [4.78, 5) is 18.9. The monoisotopic (exact) mass is 389 g/mol. The van der Waals surface area contributed by atoms with E-state index >= 15 is 0 Å². The highest BCUT2D eigenvalue weighted by Gasteiger charge is 2.19. The summed E-state index contributed by atoms with van der Waals surface area (Å²) in [6, 6.07) is 5.94. The molecule has 27 heavy (non-hydrogen) atoms. The zero-order valence-electron chi connectivity index (χ0n) is 15.5. The van der Waals surface area contributed by atoms with E-state index in [0.29, 0.717) is 39.5 Å². The van der Waals surface area contributed by atoms with Crippen LogP contribution in [0, 0.1) is 12.7 Å². The van der Waals surface area contributed by atoms with Gasteiger partial charge in [0.25, 0.3) is 5.91 Å². The molecular weight excluding hydrogens is 369 g/mol. The molecule has 1 aromatic carbocycles. The molecule has 0 radical (unpaired) electrons. The van der Waals surface area contributed by atoms with Gasteiger partial charge >= 0.3 is 0 Å². The van der Waals surface area contributed by atoms with Crippen molar-refractivity contribution in [3.8, 4) is 5.69 Å². The topological polar surface area (TPSA) is 63.1 Å². The van der Waals surface area contributed by atoms with Crippen LogP contribution in [-0.2, 0) is 0 Å². The molecule has 142 valence electrons. The Morgan fingerprint density at radius 3 is 2.67 bits per heavy atom. The van der Waals surface area contributed by atoms with E-state index in [1.807, 2.05) is 14.1 Å². The molecule has 0 fully saturated rings. The number of amides is 1. The lowest BCUT2D eigenvalue weighted by Gasteiger charge is -2.10. The number of halogens is 2. The summed E-state index contributed by atoms with van der Waals surface area (Å²) in [5, 5.41) is 8.25. The van der Waals surface area contributed by atoms with Gasteiger partial charge in [-0.1, -0.05) is 11.6 Å². The molecule has 0 aliphatic heterocycles. The van der Waals surface area contributed by atoms with E-state index in [1.165, 1.54) is 18.3 Å². The Balaban J connectivity index is 1.90. The third kappa shape index (κ3) is 4.09. The second kappa shape index (κ2) is 8.02. The molecule has 0 atom stereocenters. The maximum atomic E-state index is 13.2. The van der Waals surface area contributed by atoms with Crippen molar-refractivity contribution < 1.29 is 9.18 Å². The molecule has 0 saturated heterocycles. The normalized spacial score (nSPS) is 11.3. The van der Waals surface area contributed by atoms with Crippen LogP contribution in [0.4, 0.5) is 4.39 Å². The number of hydrogen-bond donors (Lipinski definition) is 1. The zero-order valence-corrected chi connectivity index (χ0v) is 16.2. The summed E-state index contributed by atoms with van der Waals surface area (Å²) in [7, 11) is 3.97. The molecule has 2 heterocycles. The summed E-state index contributed by atoms with van der Waals surface area (Å²) in [6.45, 7) is 3.24. The van der Waals surface area contributed by atoms with Gasteiger partial charge in [0.15, 0.2) is 5.65 Å². The molecule has 1 N–H and O–H groups in total. The number of nitrogens with zero attached hydrogens (tertiary/aromatic N) is 4. The van der Waals surface area contributed by atoms with Crippen LogP contribution in [0.15, 0.2) is 30.5 Å². The molecule has 3 rings (SSSR count). The molecule has 2 aromatic heterocycles. The average molecular weight is 390 g/mol. The van der Waals surface area contributed by atoms with E-state index in [1.54, 1.807) is 23.7 Å². The van der Waals surface area contributed by atoms with Gasteiger partial charge in [-0.2, -0.15) is 5.10 Å². The van der Waals surface area contributed by atoms with Crippen LogP contribution in [0.3, 0.4) is 0 Å². The second-order valence-corrected chi connectivity index (χ2v) is 6.95. The van der Waals surface area contributed by atoms with Crippen molar-refractivity contribution in [1.29, 1.82) is 0 Å². The minimum atomic E-state index is -0.328. The van der Waals surface area contributed by atoms with Gasteiger partial charge in [0.1, 0.15) is 5.82 Å². The molecule has 6 nitrogen and oxygen atoms in total. The predicted molar refractivity (Wildman–Crippen MR) is 104 cm³/mol. The first-order valence-corrected chi connectivity index (χ1v) is 8.99. The van der Waals surface area contributed by atoms with Gasteiger partial charge in [-0.15, -0.1) is 0 Å². The Morgan fingerprint density at radius 2 is 2.00 bits per heavy atom. The smallest absolute Gasteiger partial charge is 0.254 e. The maximum absolute atomic E-state index is 13.2. The zero-order chi connectivity index (χ0) is 19.6. The Morgan fingerprint density at radius 1 is 1.30 bits per heavy atom. The number of aryl methyl sites for hydroxylation is 1. The third-order valence-corrected chi connectivity index (χ3v) is 4.58. The van der Waals surface area contributed by atoms with Crippen molar-refractivity contribution in [2.24, 2.45) is 0 Å². The predicted octanol–water partition coefficient (Wildman–Crippen LogP) is 3.20. The Kier molecular flexibility index (Phi) is 5.72. The summed E-state index contributed by atoms with van der Waals surface area (Å²) >= 11 is 6.51. The number of pyridine rings is 1. The lowest BCUT2D eigenvalue weighted by molar-refractivity contribution is 0.0952. The standard InChI is InChI=1S/C19H21ClFN5O/c1-12-16-17(20)15(19(27)22-9-4-10-25(2)3)11-23-18(16)26(24-12)14-7-5-13(21)6-8-14/h5-8,11H,4,9-10H2,1-3H3,(H,22,27). The Bertz CT molecular complexity index is 968. The first-order chi connectivity index (χ1) is 12.9. The summed E-state index contributed by atoms with van der Waals surface area (Å²) in [5.74, 6) is -0.590. The number of fused-ring (bicyclic) bond motifs is 1. The molecule has 0 spiro atoms. The molecule has 0 bridgehead atoms. The van der Waals surface area contributed by atoms with Gasteiger partial charge in [-0.25, -0.2) is 14.1 Å². The van der Waals surface area contributed by atoms with Crippen LogP contribution < -0.4 is 5.32 Å². The van der Waals surface area contributed by atoms with Gasteiger partial charge < -0.3 is 10.2 Å². The van der Waals surface area contributed by atoms with Crippen molar-refractivity contribution in [3.63, 3.8) is 0 Å². The van der Waals surface area contributed by atoms with Crippen LogP contribution in [-0.4, -0.2) is 52.8 Å². The highest BCUT2D eigenvalue weighted by Crippen LogP contribution is 2.29. The molecule has 3 aromatic rings. The van der Waals surface area contributed by atoms with Crippen LogP contribution in [0.5, 0.6) is 0 Å². The minimum absolute atomic E-state index is 0.262. The summed E-state index contributed by atoms with van der Waals surface area (Å²) in [5.41, 5.74) is 2.15. The van der Waals surface area contributed by atoms with Gasteiger partial charge in [0, 0.05) is 12.7 Å². The van der Waals surface area contributed by atoms with E-state index < -0.39 is 0 Å². The number of benzene rings is 1. The highest BCUT2D eigenvalue weighted by molar-refractivity contribution is 6.38. The highest BCUT2D eigenvalue weighted by atomic mass is 35.5. The van der Waals surface area contributed by atoms with Gasteiger partial charge in [0.05, 0.1) is 27.4 Å². The maximum Gasteiger partial charge on any atom is 0.254 e. The van der Waals surface area contributed by atoms with E-state index in [2.05, 4.69) is 20.3 Å². The number of nitrogens with one attached hydrogen (secondary N) is 1. The minimum Gasteiger partial charge on any atom is -0.352 e. The number of carbonyl (C=O) groups is 1. The van der Waals surface area contributed by atoms with Crippen molar-refractivity contribution in [2.75, 3.05) is 27.2 Å². The van der Waals surface area contributed by atoms with E-state index in [-0.39, 0.29) is 11.7 Å². The fraction of sp³-hybridized carbons (Fsp3) is 0.316. The number of carbonyl (C=O) groups excluding carboxylic acids is 1. The van der Waals surface area contributed by atoms with Gasteiger partial charge in [-0.3, -0.25) is 4.79 Å². The molecular formula is C19H21ClFN5O. The van der Waals surface area contributed by atoms with Crippen LogP contribution >= 0.6 is 11.6 Å². The molecule has 0 saturated carbocycles. The molecule has 0 aliphatic rings. The Labute approximate surface area is 161 Å². The Hall–Kier alpha value is -2.51. The molecule has 8 heteroatoms. The lowest BCUT2D eigenvalue weighted by Crippen LogP contribution is -2.27. The summed E-state index contributed by atoms with van der Waals surface area (Å²) < 4.78 is 14.8. The molecule has 1 amide bonds. The van der Waals surface area contributed by atoms with E-state index in [4.69, 9.17) is 11.6 Å². The lowest BCUT2D eigenvalue weighted by atomic mass is 10.2. The molecule has 0 unspecified atom stereocenters. The number of rotatable bonds is 6. The van der Waals surface area contributed by atoms with Crippen molar-refractivity contribution in [2.45, 2.75) is 13.3 Å². The van der Waals surface area contributed by atoms with Crippen molar-refractivity contribution in [1.82, 2.24) is 25.0 Å².